The van der Waals surface area contributed by atoms with Crippen LogP contribution in [-0.2, 0) is 19.1 Å². The number of nitrogens with zero attached hydrogens (tertiary/aromatic N) is 1. The maximum atomic E-state index is 13.6. The van der Waals surface area contributed by atoms with Crippen molar-refractivity contribution >= 4 is 35.1 Å². The molecule has 2 aliphatic carbocycles. The molecule has 1 N–H and O–H groups in total. The van der Waals surface area contributed by atoms with Gasteiger partial charge in [-0.05, 0) is 91.5 Å². The van der Waals surface area contributed by atoms with Crippen LogP contribution in [0.2, 0.25) is 0 Å². The molecule has 7 nitrogen and oxygen atoms in total. The minimum Gasteiger partial charge on any atom is -0.452 e. The lowest BCUT2D eigenvalue weighted by Gasteiger charge is -2.28. The van der Waals surface area contributed by atoms with Gasteiger partial charge in [0.1, 0.15) is 0 Å². The van der Waals surface area contributed by atoms with E-state index in [1.54, 1.807) is 18.2 Å². The molecule has 2 saturated carbocycles. The quantitative estimate of drug-likeness (QED) is 0.362. The molecule has 3 amide bonds. The van der Waals surface area contributed by atoms with Gasteiger partial charge < -0.3 is 10.1 Å². The van der Waals surface area contributed by atoms with Crippen molar-refractivity contribution in [2.24, 2.45) is 23.7 Å². The zero-order valence-electron chi connectivity index (χ0n) is 21.9. The highest BCUT2D eigenvalue weighted by atomic mass is 16.5. The Morgan fingerprint density at radius 3 is 2.33 bits per heavy atom. The second kappa shape index (κ2) is 9.80. The first kappa shape index (κ1) is 25.0. The summed E-state index contributed by atoms with van der Waals surface area (Å²) in [5.41, 5.74) is 4.43. The third-order valence-corrected chi connectivity index (χ3v) is 8.42. The van der Waals surface area contributed by atoms with Gasteiger partial charge in [-0.1, -0.05) is 42.5 Å². The molecule has 0 radical (unpaired) electrons. The Kier molecular flexibility index (Phi) is 6.29. The van der Waals surface area contributed by atoms with Gasteiger partial charge in [-0.3, -0.25) is 19.3 Å². The van der Waals surface area contributed by atoms with Crippen LogP contribution >= 0.6 is 0 Å². The lowest BCUT2D eigenvalue weighted by molar-refractivity contribution is -0.123. The molecule has 39 heavy (non-hydrogen) atoms. The molecule has 6 rings (SSSR count). The van der Waals surface area contributed by atoms with Crippen LogP contribution < -0.4 is 10.2 Å². The van der Waals surface area contributed by atoms with Crippen LogP contribution in [0.1, 0.15) is 45.8 Å². The number of fused-ring (bicyclic) bond motifs is 5. The highest BCUT2D eigenvalue weighted by Crippen LogP contribution is 2.61. The number of nitrogens with one attached hydrogen (secondary N) is 1. The monoisotopic (exact) mass is 522 g/mol. The number of imide groups is 1. The summed E-state index contributed by atoms with van der Waals surface area (Å²) < 4.78 is 5.24. The summed E-state index contributed by atoms with van der Waals surface area (Å²) in [6.07, 6.45) is 1.82. The van der Waals surface area contributed by atoms with E-state index in [-0.39, 0.29) is 47.0 Å². The summed E-state index contributed by atoms with van der Waals surface area (Å²) in [7, 11) is 0. The maximum absolute atomic E-state index is 13.6. The van der Waals surface area contributed by atoms with Crippen molar-refractivity contribution in [3.63, 3.8) is 0 Å². The Hall–Kier alpha value is -4.26. The SMILES string of the molecule is Cc1cc(C)cc(NC(=O)COC(=O)c2cccc(N3C(=O)[C@@H]4[C@@H]5C[C@@H]([C@H]4C3=O)[C@@H](c3ccccc3)C5)c2)c1. The number of benzene rings is 3. The van der Waals surface area contributed by atoms with E-state index in [0.29, 0.717) is 11.4 Å². The summed E-state index contributed by atoms with van der Waals surface area (Å²) in [5.74, 6) is -1.52. The van der Waals surface area contributed by atoms with Crippen molar-refractivity contribution in [3.8, 4) is 0 Å². The number of aryl methyl sites for hydroxylation is 2. The fraction of sp³-hybridized carbons (Fsp3) is 0.312. The third kappa shape index (κ3) is 4.52. The van der Waals surface area contributed by atoms with E-state index in [9.17, 15) is 19.2 Å². The van der Waals surface area contributed by atoms with Gasteiger partial charge in [0.05, 0.1) is 23.1 Å². The van der Waals surface area contributed by atoms with Gasteiger partial charge in [0.25, 0.3) is 5.91 Å². The number of amides is 3. The molecule has 1 aliphatic heterocycles. The number of hydrogen-bond donors (Lipinski definition) is 1. The first-order valence-corrected chi connectivity index (χ1v) is 13.4. The fourth-order valence-corrected chi connectivity index (χ4v) is 7.03. The Balaban J connectivity index is 1.14. The zero-order valence-corrected chi connectivity index (χ0v) is 21.9. The van der Waals surface area contributed by atoms with E-state index in [1.165, 1.54) is 16.5 Å². The van der Waals surface area contributed by atoms with E-state index < -0.39 is 18.5 Å². The number of esters is 1. The van der Waals surface area contributed by atoms with Gasteiger partial charge in [0, 0.05) is 5.69 Å². The van der Waals surface area contributed by atoms with Gasteiger partial charge in [-0.2, -0.15) is 0 Å². The lowest BCUT2D eigenvalue weighted by atomic mass is 9.73. The molecule has 0 unspecified atom stereocenters. The molecule has 7 heteroatoms. The van der Waals surface area contributed by atoms with Gasteiger partial charge in [-0.15, -0.1) is 0 Å². The first-order chi connectivity index (χ1) is 18.8. The number of rotatable bonds is 6. The maximum Gasteiger partial charge on any atom is 0.338 e. The number of carbonyl (C=O) groups excluding carboxylic acids is 4. The number of ether oxygens (including phenoxy) is 1. The molecule has 1 heterocycles. The predicted molar refractivity (Wildman–Crippen MR) is 146 cm³/mol. The smallest absolute Gasteiger partial charge is 0.338 e. The van der Waals surface area contributed by atoms with Crippen molar-refractivity contribution < 1.29 is 23.9 Å². The van der Waals surface area contributed by atoms with E-state index in [1.807, 2.05) is 50.2 Å². The van der Waals surface area contributed by atoms with Crippen molar-refractivity contribution in [3.05, 3.63) is 95.1 Å². The molecule has 5 atom stereocenters. The largest absolute Gasteiger partial charge is 0.452 e. The highest BCUT2D eigenvalue weighted by Gasteiger charge is 2.64. The van der Waals surface area contributed by atoms with Crippen LogP contribution in [0, 0.1) is 37.5 Å². The molecule has 2 bridgehead atoms. The van der Waals surface area contributed by atoms with Gasteiger partial charge >= 0.3 is 5.97 Å². The molecule has 198 valence electrons. The van der Waals surface area contributed by atoms with Crippen LogP contribution in [0.5, 0.6) is 0 Å². The Labute approximate surface area is 227 Å². The van der Waals surface area contributed by atoms with Crippen LogP contribution in [0.15, 0.2) is 72.8 Å². The summed E-state index contributed by atoms with van der Waals surface area (Å²) in [6.45, 7) is 3.42. The molecule has 3 aromatic carbocycles. The Bertz CT molecular complexity index is 1460. The van der Waals surface area contributed by atoms with Crippen molar-refractivity contribution in [1.29, 1.82) is 0 Å². The predicted octanol–water partition coefficient (Wildman–Crippen LogP) is 5.03. The lowest BCUT2D eigenvalue weighted by Crippen LogP contribution is -2.33. The third-order valence-electron chi connectivity index (χ3n) is 8.42. The topological polar surface area (TPSA) is 92.8 Å². The van der Waals surface area contributed by atoms with E-state index in [2.05, 4.69) is 17.4 Å². The average Bonchev–Trinajstić information content (AvgIpc) is 3.58. The van der Waals surface area contributed by atoms with E-state index >= 15 is 0 Å². The molecular weight excluding hydrogens is 492 g/mol. The molecule has 3 aliphatic rings. The molecule has 0 aromatic heterocycles. The molecule has 3 aromatic rings. The molecule has 0 spiro atoms. The summed E-state index contributed by atoms with van der Waals surface area (Å²) in [6, 6.07) is 22.2. The second-order valence-electron chi connectivity index (χ2n) is 11.0. The Morgan fingerprint density at radius 2 is 1.59 bits per heavy atom. The van der Waals surface area contributed by atoms with Gasteiger partial charge in [0.2, 0.25) is 11.8 Å². The van der Waals surface area contributed by atoms with Crippen molar-refractivity contribution in [1.82, 2.24) is 0 Å². The fourth-order valence-electron chi connectivity index (χ4n) is 7.03. The minimum absolute atomic E-state index is 0.146. The van der Waals surface area contributed by atoms with Crippen LogP contribution in [0.3, 0.4) is 0 Å². The summed E-state index contributed by atoms with van der Waals surface area (Å²) in [5, 5.41) is 2.74. The van der Waals surface area contributed by atoms with Crippen LogP contribution in [0.25, 0.3) is 0 Å². The highest BCUT2D eigenvalue weighted by molar-refractivity contribution is 6.23. The minimum atomic E-state index is -0.698. The molecule has 1 saturated heterocycles. The number of carbonyl (C=O) groups is 4. The Morgan fingerprint density at radius 1 is 0.872 bits per heavy atom. The number of hydrogen-bond acceptors (Lipinski definition) is 5. The van der Waals surface area contributed by atoms with E-state index in [0.717, 1.165) is 24.0 Å². The standard InChI is InChI=1S/C32H30N2O5/c1-18-11-19(2)13-23(12-18)33-27(35)17-39-32(38)21-9-6-10-24(14-21)34-30(36)28-22-15-25(20-7-4-3-5-8-20)26(16-22)29(28)31(34)37/h3-14,22,25-26,28-29H,15-17H2,1-2H3,(H,33,35)/t22-,25+,26+,28+,29+/m0/s1. The summed E-state index contributed by atoms with van der Waals surface area (Å²) >= 11 is 0. The van der Waals surface area contributed by atoms with Crippen LogP contribution in [0.4, 0.5) is 11.4 Å². The molecular formula is C32H30N2O5. The van der Waals surface area contributed by atoms with Crippen molar-refractivity contribution in [2.45, 2.75) is 32.6 Å². The zero-order chi connectivity index (χ0) is 27.3. The summed E-state index contributed by atoms with van der Waals surface area (Å²) in [4.78, 5) is 53.5. The number of anilines is 2. The second-order valence-corrected chi connectivity index (χ2v) is 11.0. The van der Waals surface area contributed by atoms with Gasteiger partial charge in [0.15, 0.2) is 6.61 Å². The first-order valence-electron chi connectivity index (χ1n) is 13.4. The van der Waals surface area contributed by atoms with E-state index in [4.69, 9.17) is 4.74 Å². The van der Waals surface area contributed by atoms with Gasteiger partial charge in [-0.25, -0.2) is 4.79 Å². The van der Waals surface area contributed by atoms with Crippen molar-refractivity contribution in [2.75, 3.05) is 16.8 Å². The average molecular weight is 523 g/mol. The van der Waals surface area contributed by atoms with Crippen LogP contribution in [-0.4, -0.2) is 30.3 Å². The normalized spacial score (nSPS) is 25.1. The molecule has 3 fully saturated rings.